The SMILES string of the molecule is CC(=O)c1ccc(SC(C)C(=O)Nc2ccc(C)cc2)cc1. The molecule has 0 aliphatic carbocycles. The Morgan fingerprint density at radius 1 is 1.00 bits per heavy atom. The van der Waals surface area contributed by atoms with Gasteiger partial charge in [-0.25, -0.2) is 0 Å². The minimum atomic E-state index is -0.218. The van der Waals surface area contributed by atoms with E-state index in [9.17, 15) is 9.59 Å². The fourth-order valence-corrected chi connectivity index (χ4v) is 2.77. The number of carbonyl (C=O) groups excluding carboxylic acids is 2. The summed E-state index contributed by atoms with van der Waals surface area (Å²) in [7, 11) is 0. The van der Waals surface area contributed by atoms with E-state index in [1.807, 2.05) is 50.2 Å². The van der Waals surface area contributed by atoms with Crippen molar-refractivity contribution in [2.75, 3.05) is 5.32 Å². The van der Waals surface area contributed by atoms with Crippen molar-refractivity contribution in [2.45, 2.75) is 30.9 Å². The van der Waals surface area contributed by atoms with Crippen molar-refractivity contribution in [1.82, 2.24) is 0 Å². The molecule has 1 unspecified atom stereocenters. The van der Waals surface area contributed by atoms with Crippen molar-refractivity contribution >= 4 is 29.1 Å². The first-order valence-electron chi connectivity index (χ1n) is 7.11. The maximum atomic E-state index is 12.2. The monoisotopic (exact) mass is 313 g/mol. The molecule has 0 bridgehead atoms. The summed E-state index contributed by atoms with van der Waals surface area (Å²) in [4.78, 5) is 24.4. The van der Waals surface area contributed by atoms with Crippen LogP contribution in [0.25, 0.3) is 0 Å². The molecule has 0 aromatic heterocycles. The first-order chi connectivity index (χ1) is 10.5. The Bertz CT molecular complexity index is 662. The van der Waals surface area contributed by atoms with Crippen LogP contribution in [0.2, 0.25) is 0 Å². The number of hydrogen-bond acceptors (Lipinski definition) is 3. The number of hydrogen-bond donors (Lipinski definition) is 1. The zero-order valence-electron chi connectivity index (χ0n) is 12.9. The lowest BCUT2D eigenvalue weighted by Gasteiger charge is -2.12. The third kappa shape index (κ3) is 4.46. The van der Waals surface area contributed by atoms with Crippen molar-refractivity contribution in [3.63, 3.8) is 0 Å². The fourth-order valence-electron chi connectivity index (χ4n) is 1.91. The second kappa shape index (κ2) is 7.27. The summed E-state index contributed by atoms with van der Waals surface area (Å²) in [6.45, 7) is 5.42. The Morgan fingerprint density at radius 3 is 2.14 bits per heavy atom. The molecule has 0 spiro atoms. The predicted octanol–water partition coefficient (Wildman–Crippen LogP) is 4.32. The third-order valence-electron chi connectivity index (χ3n) is 3.26. The summed E-state index contributed by atoms with van der Waals surface area (Å²) < 4.78 is 0. The number of carbonyl (C=O) groups is 2. The molecule has 2 aromatic carbocycles. The lowest BCUT2D eigenvalue weighted by Crippen LogP contribution is -2.22. The highest BCUT2D eigenvalue weighted by molar-refractivity contribution is 8.00. The van der Waals surface area contributed by atoms with Crippen molar-refractivity contribution in [3.8, 4) is 0 Å². The molecule has 1 amide bonds. The quantitative estimate of drug-likeness (QED) is 0.660. The van der Waals surface area contributed by atoms with Gasteiger partial charge in [0.2, 0.25) is 5.91 Å². The van der Waals surface area contributed by atoms with Crippen molar-refractivity contribution < 1.29 is 9.59 Å². The van der Waals surface area contributed by atoms with Gasteiger partial charge in [-0.15, -0.1) is 11.8 Å². The number of Topliss-reactive ketones (excluding diaryl/α,β-unsaturated/α-hetero) is 1. The smallest absolute Gasteiger partial charge is 0.237 e. The highest BCUT2D eigenvalue weighted by atomic mass is 32.2. The summed E-state index contributed by atoms with van der Waals surface area (Å²) in [5.41, 5.74) is 2.64. The van der Waals surface area contributed by atoms with Crippen LogP contribution >= 0.6 is 11.8 Å². The van der Waals surface area contributed by atoms with E-state index in [0.29, 0.717) is 5.56 Å². The molecule has 4 heteroatoms. The van der Waals surface area contributed by atoms with Crippen LogP contribution in [0, 0.1) is 6.92 Å². The zero-order valence-corrected chi connectivity index (χ0v) is 13.7. The molecule has 2 rings (SSSR count). The number of thioether (sulfide) groups is 1. The highest BCUT2D eigenvalue weighted by Crippen LogP contribution is 2.24. The van der Waals surface area contributed by atoms with Crippen LogP contribution in [0.4, 0.5) is 5.69 Å². The standard InChI is InChI=1S/C18H19NO2S/c1-12-4-8-16(9-5-12)19-18(21)14(3)22-17-10-6-15(7-11-17)13(2)20/h4-11,14H,1-3H3,(H,19,21). The predicted molar refractivity (Wildman–Crippen MR) is 91.6 cm³/mol. The van der Waals surface area contributed by atoms with Gasteiger partial charge in [0.25, 0.3) is 0 Å². The molecule has 0 saturated heterocycles. The number of nitrogens with one attached hydrogen (secondary N) is 1. The lowest BCUT2D eigenvalue weighted by atomic mass is 10.2. The van der Waals surface area contributed by atoms with E-state index in [2.05, 4.69) is 5.32 Å². The van der Waals surface area contributed by atoms with Gasteiger partial charge in [0.1, 0.15) is 0 Å². The van der Waals surface area contributed by atoms with Crippen molar-refractivity contribution in [3.05, 3.63) is 59.7 Å². The Balaban J connectivity index is 1.95. The van der Waals surface area contributed by atoms with Gasteiger partial charge in [-0.2, -0.15) is 0 Å². The average molecular weight is 313 g/mol. The molecule has 0 aliphatic heterocycles. The van der Waals surface area contributed by atoms with E-state index < -0.39 is 0 Å². The van der Waals surface area contributed by atoms with Crippen molar-refractivity contribution in [1.29, 1.82) is 0 Å². The Labute approximate surface area is 135 Å². The average Bonchev–Trinajstić information content (AvgIpc) is 2.50. The Kier molecular flexibility index (Phi) is 5.39. The molecule has 0 aliphatic rings. The van der Waals surface area contributed by atoms with E-state index in [1.54, 1.807) is 19.1 Å². The highest BCUT2D eigenvalue weighted by Gasteiger charge is 2.14. The van der Waals surface area contributed by atoms with Crippen LogP contribution in [0.3, 0.4) is 0 Å². The molecule has 0 radical (unpaired) electrons. The van der Waals surface area contributed by atoms with Crippen molar-refractivity contribution in [2.24, 2.45) is 0 Å². The summed E-state index contributed by atoms with van der Waals surface area (Å²) in [5.74, 6) is 0.00575. The number of amides is 1. The lowest BCUT2D eigenvalue weighted by molar-refractivity contribution is -0.115. The molecular formula is C18H19NO2S. The minimum Gasteiger partial charge on any atom is -0.325 e. The second-order valence-electron chi connectivity index (χ2n) is 5.20. The number of ketones is 1. The normalized spacial score (nSPS) is 11.8. The molecule has 22 heavy (non-hydrogen) atoms. The summed E-state index contributed by atoms with van der Waals surface area (Å²) in [6, 6.07) is 15.0. The maximum absolute atomic E-state index is 12.2. The zero-order chi connectivity index (χ0) is 16.1. The van der Waals surface area contributed by atoms with Gasteiger partial charge in [-0.05, 0) is 45.0 Å². The summed E-state index contributed by atoms with van der Waals surface area (Å²) in [5, 5.41) is 2.69. The van der Waals surface area contributed by atoms with E-state index in [1.165, 1.54) is 11.8 Å². The van der Waals surface area contributed by atoms with Gasteiger partial charge in [0, 0.05) is 16.1 Å². The van der Waals surface area contributed by atoms with Crippen LogP contribution in [0.1, 0.15) is 29.8 Å². The summed E-state index contributed by atoms with van der Waals surface area (Å²) >= 11 is 1.47. The molecule has 0 heterocycles. The van der Waals surface area contributed by atoms with Gasteiger partial charge in [-0.1, -0.05) is 29.8 Å². The molecule has 1 N–H and O–H groups in total. The Morgan fingerprint density at radius 2 is 1.59 bits per heavy atom. The van der Waals surface area contributed by atoms with Gasteiger partial charge in [0.05, 0.1) is 5.25 Å². The van der Waals surface area contributed by atoms with E-state index >= 15 is 0 Å². The van der Waals surface area contributed by atoms with Crippen LogP contribution < -0.4 is 5.32 Å². The van der Waals surface area contributed by atoms with Gasteiger partial charge < -0.3 is 5.32 Å². The molecule has 0 saturated carbocycles. The first kappa shape index (κ1) is 16.3. The van der Waals surface area contributed by atoms with Gasteiger partial charge in [-0.3, -0.25) is 9.59 Å². The van der Waals surface area contributed by atoms with E-state index in [4.69, 9.17) is 0 Å². The number of benzene rings is 2. The molecule has 3 nitrogen and oxygen atoms in total. The molecular weight excluding hydrogens is 294 g/mol. The van der Waals surface area contributed by atoms with E-state index in [-0.39, 0.29) is 16.9 Å². The van der Waals surface area contributed by atoms with Crippen LogP contribution in [0.15, 0.2) is 53.4 Å². The molecule has 2 aromatic rings. The summed E-state index contributed by atoms with van der Waals surface area (Å²) in [6.07, 6.45) is 0. The first-order valence-corrected chi connectivity index (χ1v) is 7.99. The minimum absolute atomic E-state index is 0.0375. The number of anilines is 1. The van der Waals surface area contributed by atoms with Gasteiger partial charge in [0.15, 0.2) is 5.78 Å². The molecule has 1 atom stereocenters. The number of rotatable bonds is 5. The largest absolute Gasteiger partial charge is 0.325 e. The maximum Gasteiger partial charge on any atom is 0.237 e. The second-order valence-corrected chi connectivity index (χ2v) is 6.61. The van der Waals surface area contributed by atoms with Gasteiger partial charge >= 0.3 is 0 Å². The van der Waals surface area contributed by atoms with E-state index in [0.717, 1.165) is 16.1 Å². The molecule has 114 valence electrons. The fraction of sp³-hybridized carbons (Fsp3) is 0.222. The topological polar surface area (TPSA) is 46.2 Å². The van der Waals surface area contributed by atoms with Crippen LogP contribution in [-0.4, -0.2) is 16.9 Å². The number of aryl methyl sites for hydroxylation is 1. The molecule has 0 fully saturated rings. The van der Waals surface area contributed by atoms with Crippen LogP contribution in [-0.2, 0) is 4.79 Å². The third-order valence-corrected chi connectivity index (χ3v) is 4.37. The van der Waals surface area contributed by atoms with Crippen LogP contribution in [0.5, 0.6) is 0 Å². The Hall–Kier alpha value is -2.07.